The molecule has 3 rings (SSSR count). The van der Waals surface area contributed by atoms with Crippen LogP contribution in [0.5, 0.6) is 0 Å². The number of rotatable bonds is 7. The molecule has 0 unspecified atom stereocenters. The normalized spacial score (nSPS) is 22.5. The van der Waals surface area contributed by atoms with Crippen LogP contribution in [-0.2, 0) is 16.9 Å². The Labute approximate surface area is 154 Å². The van der Waals surface area contributed by atoms with E-state index in [0.717, 1.165) is 18.5 Å². The van der Waals surface area contributed by atoms with Crippen molar-refractivity contribution in [2.75, 3.05) is 0 Å². The molecular formula is C20H27FN4O. The molecule has 0 saturated heterocycles. The van der Waals surface area contributed by atoms with Gasteiger partial charge < -0.3 is 5.32 Å². The topological polar surface area (TPSA) is 59.8 Å². The van der Waals surface area contributed by atoms with Gasteiger partial charge in [0.05, 0.1) is 11.7 Å². The van der Waals surface area contributed by atoms with Crippen molar-refractivity contribution in [3.05, 3.63) is 47.8 Å². The quantitative estimate of drug-likeness (QED) is 0.823. The second-order valence-electron chi connectivity index (χ2n) is 8.16. The molecule has 140 valence electrons. The minimum absolute atomic E-state index is 0.222. The predicted octanol–water partition coefficient (Wildman–Crippen LogP) is 3.57. The van der Waals surface area contributed by atoms with Crippen LogP contribution in [0.15, 0.2) is 36.5 Å². The van der Waals surface area contributed by atoms with Crippen molar-refractivity contribution in [1.82, 2.24) is 20.3 Å². The molecule has 0 aliphatic heterocycles. The van der Waals surface area contributed by atoms with Gasteiger partial charge in [-0.05, 0) is 31.7 Å². The summed E-state index contributed by atoms with van der Waals surface area (Å²) in [4.78, 5) is 12.6. The lowest BCUT2D eigenvalue weighted by molar-refractivity contribution is -0.129. The first-order chi connectivity index (χ1) is 12.2. The van der Waals surface area contributed by atoms with E-state index in [0.29, 0.717) is 11.6 Å². The van der Waals surface area contributed by atoms with E-state index in [-0.39, 0.29) is 12.3 Å². The van der Waals surface area contributed by atoms with Crippen LogP contribution in [0.1, 0.15) is 57.7 Å². The maximum absolute atomic E-state index is 15.1. The van der Waals surface area contributed by atoms with Gasteiger partial charge in [-0.25, -0.2) is 4.39 Å². The number of amides is 1. The number of hydrogen-bond acceptors (Lipinski definition) is 3. The van der Waals surface area contributed by atoms with Crippen LogP contribution in [0.4, 0.5) is 4.39 Å². The predicted molar refractivity (Wildman–Crippen MR) is 98.3 cm³/mol. The average molecular weight is 358 g/mol. The molecule has 2 atom stereocenters. The van der Waals surface area contributed by atoms with E-state index in [2.05, 4.69) is 29.5 Å². The number of carbonyl (C=O) groups excluding carboxylic acids is 1. The standard InChI is InChI=1S/C20H27FN4O/c1-14(2)10-11-25-13-17(23-24-25)19(3,4)22-18(26)20(21)12-16(20)15-8-6-5-7-9-15/h5-9,13-14,16H,10-12H2,1-4H3,(H,22,26)/t16-,20-/m0/s1. The van der Waals surface area contributed by atoms with Crippen molar-refractivity contribution in [3.63, 3.8) is 0 Å². The highest BCUT2D eigenvalue weighted by Crippen LogP contribution is 2.55. The van der Waals surface area contributed by atoms with Gasteiger partial charge in [0.25, 0.3) is 5.91 Å². The highest BCUT2D eigenvalue weighted by Gasteiger charge is 2.62. The first-order valence-electron chi connectivity index (χ1n) is 9.19. The molecule has 1 aromatic carbocycles. The Morgan fingerprint density at radius 1 is 1.38 bits per heavy atom. The number of nitrogens with one attached hydrogen (secondary N) is 1. The number of benzene rings is 1. The van der Waals surface area contributed by atoms with E-state index in [1.165, 1.54) is 0 Å². The molecular weight excluding hydrogens is 331 g/mol. The van der Waals surface area contributed by atoms with Crippen LogP contribution >= 0.6 is 0 Å². The highest BCUT2D eigenvalue weighted by atomic mass is 19.1. The summed E-state index contributed by atoms with van der Waals surface area (Å²) in [6.07, 6.45) is 3.05. The zero-order valence-corrected chi connectivity index (χ0v) is 15.9. The molecule has 26 heavy (non-hydrogen) atoms. The Kier molecular flexibility index (Phi) is 4.86. The molecule has 1 fully saturated rings. The fourth-order valence-corrected chi connectivity index (χ4v) is 3.09. The Bertz CT molecular complexity index is 771. The number of nitrogens with zero attached hydrogens (tertiary/aromatic N) is 3. The van der Waals surface area contributed by atoms with E-state index < -0.39 is 17.1 Å². The Morgan fingerprint density at radius 3 is 2.73 bits per heavy atom. The number of hydrogen-bond donors (Lipinski definition) is 1. The third kappa shape index (κ3) is 3.79. The summed E-state index contributed by atoms with van der Waals surface area (Å²) in [6, 6.07) is 9.35. The molecule has 1 saturated carbocycles. The van der Waals surface area contributed by atoms with Crippen molar-refractivity contribution >= 4 is 5.91 Å². The summed E-state index contributed by atoms with van der Waals surface area (Å²) in [5.74, 6) is -0.374. The molecule has 0 spiro atoms. The van der Waals surface area contributed by atoms with E-state index in [9.17, 15) is 4.79 Å². The fraction of sp³-hybridized carbons (Fsp3) is 0.550. The van der Waals surface area contributed by atoms with Gasteiger partial charge in [-0.2, -0.15) is 0 Å². The monoisotopic (exact) mass is 358 g/mol. The molecule has 1 aliphatic rings. The summed E-state index contributed by atoms with van der Waals surface area (Å²) in [6.45, 7) is 8.73. The van der Waals surface area contributed by atoms with Gasteiger partial charge in [-0.1, -0.05) is 49.4 Å². The Balaban J connectivity index is 1.65. The summed E-state index contributed by atoms with van der Waals surface area (Å²) >= 11 is 0. The lowest BCUT2D eigenvalue weighted by atomic mass is 10.00. The minimum atomic E-state index is -1.84. The number of alkyl halides is 1. The van der Waals surface area contributed by atoms with Crippen LogP contribution in [0, 0.1) is 5.92 Å². The van der Waals surface area contributed by atoms with Crippen LogP contribution in [-0.4, -0.2) is 26.6 Å². The van der Waals surface area contributed by atoms with E-state index in [4.69, 9.17) is 0 Å². The van der Waals surface area contributed by atoms with Crippen molar-refractivity contribution in [2.45, 2.75) is 64.2 Å². The van der Waals surface area contributed by atoms with Crippen LogP contribution in [0.3, 0.4) is 0 Å². The van der Waals surface area contributed by atoms with Gasteiger partial charge in [0, 0.05) is 18.9 Å². The van der Waals surface area contributed by atoms with Gasteiger partial charge in [0.2, 0.25) is 0 Å². The van der Waals surface area contributed by atoms with Gasteiger partial charge in [-0.3, -0.25) is 9.48 Å². The van der Waals surface area contributed by atoms with E-state index in [1.807, 2.05) is 50.4 Å². The van der Waals surface area contributed by atoms with Crippen molar-refractivity contribution in [3.8, 4) is 0 Å². The second kappa shape index (κ2) is 6.82. The molecule has 1 N–H and O–H groups in total. The lowest BCUT2D eigenvalue weighted by Crippen LogP contribution is -2.46. The van der Waals surface area contributed by atoms with Crippen molar-refractivity contribution in [1.29, 1.82) is 0 Å². The van der Waals surface area contributed by atoms with Gasteiger partial charge in [-0.15, -0.1) is 5.10 Å². The molecule has 0 bridgehead atoms. The van der Waals surface area contributed by atoms with Crippen molar-refractivity contribution < 1.29 is 9.18 Å². The molecule has 5 nitrogen and oxygen atoms in total. The molecule has 6 heteroatoms. The van der Waals surface area contributed by atoms with Gasteiger partial charge in [0.15, 0.2) is 5.67 Å². The van der Waals surface area contributed by atoms with E-state index >= 15 is 4.39 Å². The van der Waals surface area contributed by atoms with Gasteiger partial charge in [0.1, 0.15) is 5.69 Å². The van der Waals surface area contributed by atoms with Crippen molar-refractivity contribution in [2.24, 2.45) is 5.92 Å². The zero-order chi connectivity index (χ0) is 18.9. The Morgan fingerprint density at radius 2 is 2.08 bits per heavy atom. The first-order valence-corrected chi connectivity index (χ1v) is 9.19. The third-order valence-corrected chi connectivity index (χ3v) is 5.01. The largest absolute Gasteiger partial charge is 0.343 e. The molecule has 1 heterocycles. The second-order valence-corrected chi connectivity index (χ2v) is 8.16. The molecule has 1 aliphatic carbocycles. The number of aryl methyl sites for hydroxylation is 1. The molecule has 1 amide bonds. The Hall–Kier alpha value is -2.24. The molecule has 2 aromatic rings. The summed E-state index contributed by atoms with van der Waals surface area (Å²) in [5.41, 5.74) is -1.12. The van der Waals surface area contributed by atoms with E-state index in [1.54, 1.807) is 4.68 Å². The average Bonchev–Trinajstić information content (AvgIpc) is 3.06. The maximum Gasteiger partial charge on any atom is 0.259 e. The lowest BCUT2D eigenvalue weighted by Gasteiger charge is -2.25. The minimum Gasteiger partial charge on any atom is -0.343 e. The number of halogens is 1. The van der Waals surface area contributed by atoms with Crippen LogP contribution in [0.2, 0.25) is 0 Å². The molecule has 0 radical (unpaired) electrons. The molecule has 1 aromatic heterocycles. The number of aromatic nitrogens is 3. The summed E-state index contributed by atoms with van der Waals surface area (Å²) in [7, 11) is 0. The zero-order valence-electron chi connectivity index (χ0n) is 15.9. The summed E-state index contributed by atoms with van der Waals surface area (Å²) in [5, 5.41) is 11.1. The number of carbonyl (C=O) groups is 1. The third-order valence-electron chi connectivity index (χ3n) is 5.01. The SMILES string of the molecule is CC(C)CCn1cc(C(C)(C)NC(=O)[C@]2(F)C[C@H]2c2ccccc2)nn1. The van der Waals surface area contributed by atoms with Crippen LogP contribution in [0.25, 0.3) is 0 Å². The maximum atomic E-state index is 15.1. The summed E-state index contributed by atoms with van der Waals surface area (Å²) < 4.78 is 16.8. The smallest absolute Gasteiger partial charge is 0.259 e. The fourth-order valence-electron chi connectivity index (χ4n) is 3.09. The van der Waals surface area contributed by atoms with Gasteiger partial charge >= 0.3 is 0 Å². The van der Waals surface area contributed by atoms with Crippen LogP contribution < -0.4 is 5.32 Å². The first kappa shape index (κ1) is 18.5. The highest BCUT2D eigenvalue weighted by molar-refractivity contribution is 5.90.